The van der Waals surface area contributed by atoms with Gasteiger partial charge >= 0.3 is 0 Å². The van der Waals surface area contributed by atoms with Crippen LogP contribution in [0.3, 0.4) is 0 Å². The van der Waals surface area contributed by atoms with E-state index in [-0.39, 0.29) is 0 Å². The van der Waals surface area contributed by atoms with Crippen LogP contribution in [0.2, 0.25) is 10.0 Å². The van der Waals surface area contributed by atoms with Gasteiger partial charge in [-0.05, 0) is 25.0 Å². The molecule has 0 heterocycles. The number of hydrogen-bond donors (Lipinski definition) is 1. The highest BCUT2D eigenvalue weighted by atomic mass is 35.5. The lowest BCUT2D eigenvalue weighted by molar-refractivity contribution is 0.722. The van der Waals surface area contributed by atoms with E-state index < -0.39 is 0 Å². The van der Waals surface area contributed by atoms with E-state index >= 15 is 0 Å². The minimum Gasteiger partial charge on any atom is -0.387 e. The topological polar surface area (TPSA) is 38.4 Å². The molecule has 0 atom stereocenters. The molecule has 0 aromatic heterocycles. The molecule has 0 amide bonds. The molecule has 4 heteroatoms. The van der Waals surface area contributed by atoms with Crippen LogP contribution in [0.25, 0.3) is 0 Å². The maximum atomic E-state index is 6.03. The molecule has 0 radical (unpaired) electrons. The summed E-state index contributed by atoms with van der Waals surface area (Å²) in [5.41, 5.74) is 6.57. The summed E-state index contributed by atoms with van der Waals surface area (Å²) in [6.45, 7) is 0. The maximum absolute atomic E-state index is 6.03. The van der Waals surface area contributed by atoms with Crippen molar-refractivity contribution in [3.8, 4) is 0 Å². The Balaban J connectivity index is 2.27. The summed E-state index contributed by atoms with van der Waals surface area (Å²) in [4.78, 5) is 4.37. The molecular formula is C12H14Cl2N2. The lowest BCUT2D eigenvalue weighted by Crippen LogP contribution is -2.20. The number of hydrogen-bond acceptors (Lipinski definition) is 1. The fourth-order valence-corrected chi connectivity index (χ4v) is 2.52. The molecule has 0 bridgehead atoms. The number of aliphatic imine (C=N–C) groups is 1. The highest BCUT2D eigenvalue weighted by Crippen LogP contribution is 2.34. The number of nitrogens with two attached hydrogens (primary N) is 1. The van der Waals surface area contributed by atoms with Crippen molar-refractivity contribution in [2.45, 2.75) is 25.7 Å². The van der Waals surface area contributed by atoms with E-state index in [2.05, 4.69) is 4.99 Å². The molecule has 0 saturated heterocycles. The summed E-state index contributed by atoms with van der Waals surface area (Å²) < 4.78 is 0. The largest absolute Gasteiger partial charge is 0.387 e. The summed E-state index contributed by atoms with van der Waals surface area (Å²) >= 11 is 12.1. The van der Waals surface area contributed by atoms with E-state index in [4.69, 9.17) is 28.9 Å². The van der Waals surface area contributed by atoms with Crippen molar-refractivity contribution in [1.29, 1.82) is 0 Å². The van der Waals surface area contributed by atoms with Gasteiger partial charge in [-0.3, -0.25) is 0 Å². The van der Waals surface area contributed by atoms with Gasteiger partial charge in [0.15, 0.2) is 0 Å². The molecule has 1 aromatic carbocycles. The van der Waals surface area contributed by atoms with Gasteiger partial charge in [0.2, 0.25) is 0 Å². The SMILES string of the molecule is NC(=Nc1c(Cl)cccc1Cl)C1CCCC1. The molecule has 1 aliphatic rings. The average molecular weight is 257 g/mol. The first kappa shape index (κ1) is 11.7. The van der Waals surface area contributed by atoms with Crippen molar-refractivity contribution in [2.24, 2.45) is 16.6 Å². The van der Waals surface area contributed by atoms with Crippen molar-refractivity contribution in [1.82, 2.24) is 0 Å². The molecule has 1 saturated carbocycles. The van der Waals surface area contributed by atoms with E-state index in [1.54, 1.807) is 18.2 Å². The molecule has 1 fully saturated rings. The number of para-hydroxylation sites is 1. The Kier molecular flexibility index (Phi) is 3.72. The van der Waals surface area contributed by atoms with E-state index in [1.165, 1.54) is 12.8 Å². The van der Waals surface area contributed by atoms with Gasteiger partial charge in [-0.15, -0.1) is 0 Å². The maximum Gasteiger partial charge on any atom is 0.103 e. The predicted octanol–water partition coefficient (Wildman–Crippen LogP) is 4.17. The Labute approximate surface area is 105 Å². The normalized spacial score (nSPS) is 18.0. The Morgan fingerprint density at radius 1 is 1.19 bits per heavy atom. The second kappa shape index (κ2) is 5.07. The van der Waals surface area contributed by atoms with Gasteiger partial charge in [0, 0.05) is 5.92 Å². The molecule has 1 aromatic rings. The molecule has 2 N–H and O–H groups in total. The second-order valence-electron chi connectivity index (χ2n) is 4.09. The summed E-state index contributed by atoms with van der Waals surface area (Å²) in [6, 6.07) is 5.35. The number of rotatable bonds is 2. The van der Waals surface area contributed by atoms with E-state index in [0.29, 0.717) is 27.5 Å². The van der Waals surface area contributed by atoms with E-state index in [1.807, 2.05) is 0 Å². The van der Waals surface area contributed by atoms with Gasteiger partial charge in [0.05, 0.1) is 10.0 Å². The minimum atomic E-state index is 0.396. The van der Waals surface area contributed by atoms with Gasteiger partial charge in [-0.25, -0.2) is 4.99 Å². The van der Waals surface area contributed by atoms with E-state index in [9.17, 15) is 0 Å². The first-order valence-electron chi connectivity index (χ1n) is 5.46. The van der Waals surface area contributed by atoms with Crippen molar-refractivity contribution in [2.75, 3.05) is 0 Å². The standard InChI is InChI=1S/C12H14Cl2N2/c13-9-6-3-7-10(14)11(9)16-12(15)8-4-1-2-5-8/h3,6-8H,1-2,4-5H2,(H2,15,16). The molecule has 2 rings (SSSR count). The lowest BCUT2D eigenvalue weighted by atomic mass is 10.1. The number of amidine groups is 1. The number of nitrogens with zero attached hydrogens (tertiary/aromatic N) is 1. The Hall–Kier alpha value is -0.730. The minimum absolute atomic E-state index is 0.396. The lowest BCUT2D eigenvalue weighted by Gasteiger charge is -2.09. The fourth-order valence-electron chi connectivity index (χ4n) is 2.04. The van der Waals surface area contributed by atoms with Crippen LogP contribution in [0.1, 0.15) is 25.7 Å². The van der Waals surface area contributed by atoms with Gasteiger partial charge in [-0.2, -0.15) is 0 Å². The van der Waals surface area contributed by atoms with Crippen LogP contribution in [0.5, 0.6) is 0 Å². The number of halogens is 2. The van der Waals surface area contributed by atoms with Gasteiger partial charge < -0.3 is 5.73 Å². The first-order valence-corrected chi connectivity index (χ1v) is 6.22. The van der Waals surface area contributed by atoms with Gasteiger partial charge in [-0.1, -0.05) is 42.1 Å². The van der Waals surface area contributed by atoms with E-state index in [0.717, 1.165) is 12.8 Å². The van der Waals surface area contributed by atoms with Gasteiger partial charge in [0.25, 0.3) is 0 Å². The van der Waals surface area contributed by atoms with Crippen LogP contribution in [0.15, 0.2) is 23.2 Å². The zero-order valence-corrected chi connectivity index (χ0v) is 10.4. The summed E-state index contributed by atoms with van der Waals surface area (Å²) in [7, 11) is 0. The van der Waals surface area contributed by atoms with Crippen LogP contribution in [0, 0.1) is 5.92 Å². The zero-order valence-electron chi connectivity index (χ0n) is 8.92. The molecule has 86 valence electrons. The molecule has 0 unspecified atom stereocenters. The Morgan fingerprint density at radius 3 is 2.31 bits per heavy atom. The monoisotopic (exact) mass is 256 g/mol. The van der Waals surface area contributed by atoms with Gasteiger partial charge in [0.1, 0.15) is 11.5 Å². The van der Waals surface area contributed by atoms with Crippen molar-refractivity contribution in [3.63, 3.8) is 0 Å². The second-order valence-corrected chi connectivity index (χ2v) is 4.90. The summed E-state index contributed by atoms with van der Waals surface area (Å²) in [5.74, 6) is 1.06. The molecule has 0 spiro atoms. The van der Waals surface area contributed by atoms with Crippen LogP contribution >= 0.6 is 23.2 Å². The third-order valence-corrected chi connectivity index (χ3v) is 3.56. The Bertz CT molecular complexity index is 389. The third kappa shape index (κ3) is 2.50. The molecule has 2 nitrogen and oxygen atoms in total. The molecule has 0 aliphatic heterocycles. The summed E-state index contributed by atoms with van der Waals surface area (Å²) in [5, 5.41) is 1.10. The number of benzene rings is 1. The first-order chi connectivity index (χ1) is 7.68. The highest BCUT2D eigenvalue weighted by Gasteiger charge is 2.19. The Morgan fingerprint density at radius 2 is 1.75 bits per heavy atom. The molecular weight excluding hydrogens is 243 g/mol. The quantitative estimate of drug-likeness (QED) is 0.626. The van der Waals surface area contributed by atoms with Crippen molar-refractivity contribution in [3.05, 3.63) is 28.2 Å². The fraction of sp³-hybridized carbons (Fsp3) is 0.417. The van der Waals surface area contributed by atoms with Crippen molar-refractivity contribution < 1.29 is 0 Å². The average Bonchev–Trinajstić information content (AvgIpc) is 2.76. The summed E-state index contributed by atoms with van der Waals surface area (Å²) in [6.07, 6.45) is 4.71. The van der Waals surface area contributed by atoms with Crippen LogP contribution in [0.4, 0.5) is 5.69 Å². The van der Waals surface area contributed by atoms with Crippen molar-refractivity contribution >= 4 is 34.7 Å². The molecule has 1 aliphatic carbocycles. The smallest absolute Gasteiger partial charge is 0.103 e. The van der Waals surface area contributed by atoms with Crippen LogP contribution in [-0.4, -0.2) is 5.84 Å². The molecule has 16 heavy (non-hydrogen) atoms. The predicted molar refractivity (Wildman–Crippen MR) is 69.7 cm³/mol. The van der Waals surface area contributed by atoms with Crippen LogP contribution < -0.4 is 5.73 Å². The third-order valence-electron chi connectivity index (χ3n) is 2.95. The zero-order chi connectivity index (χ0) is 11.5. The van der Waals surface area contributed by atoms with Crippen LogP contribution in [-0.2, 0) is 0 Å². The highest BCUT2D eigenvalue weighted by molar-refractivity contribution is 6.38.